The zero-order chi connectivity index (χ0) is 45.2. The van der Waals surface area contributed by atoms with E-state index in [1.54, 1.807) is 36.4 Å². The predicted molar refractivity (Wildman–Crippen MR) is 243 cm³/mol. The number of ketones is 2. The molecule has 5 rings (SSSR count). The summed E-state index contributed by atoms with van der Waals surface area (Å²) >= 11 is 43.8. The minimum Gasteiger partial charge on any atom is -0.324 e. The van der Waals surface area contributed by atoms with Crippen LogP contribution < -0.4 is 21.3 Å². The lowest BCUT2D eigenvalue weighted by Gasteiger charge is -2.15. The Balaban J connectivity index is 1.27. The predicted octanol–water partition coefficient (Wildman–Crippen LogP) is 12.2. The van der Waals surface area contributed by atoms with Gasteiger partial charge in [-0.1, -0.05) is 93.9 Å². The van der Waals surface area contributed by atoms with Gasteiger partial charge >= 0.3 is 0 Å². The Labute approximate surface area is 388 Å². The molecular formula is C41H29Cl7N8O6. The van der Waals surface area contributed by atoms with E-state index in [2.05, 4.69) is 41.7 Å². The molecule has 14 nitrogen and oxygen atoms in total. The molecule has 21 heteroatoms. The molecule has 0 aliphatic heterocycles. The normalized spacial score (nSPS) is 12.1. The van der Waals surface area contributed by atoms with Gasteiger partial charge in [0.05, 0.1) is 52.6 Å². The van der Waals surface area contributed by atoms with E-state index in [1.165, 1.54) is 54.6 Å². The van der Waals surface area contributed by atoms with Crippen LogP contribution in [0.25, 0.3) is 0 Å². The first-order valence-corrected chi connectivity index (χ1v) is 20.5. The zero-order valence-corrected chi connectivity index (χ0v) is 37.2. The Hall–Kier alpha value is -5.45. The number of Topliss-reactive ketones (excluding diaryl/α,β-unsaturated/α-hetero) is 2. The summed E-state index contributed by atoms with van der Waals surface area (Å²) in [5, 5.41) is 26.7. The third-order valence-corrected chi connectivity index (χ3v) is 10.8. The molecule has 0 aliphatic rings. The molecule has 2 unspecified atom stereocenters. The third-order valence-electron chi connectivity index (χ3n) is 8.45. The van der Waals surface area contributed by atoms with Gasteiger partial charge < -0.3 is 21.3 Å². The van der Waals surface area contributed by atoms with Crippen molar-refractivity contribution in [1.82, 2.24) is 0 Å². The van der Waals surface area contributed by atoms with Crippen molar-refractivity contribution in [1.29, 1.82) is 0 Å². The van der Waals surface area contributed by atoms with E-state index in [4.69, 9.17) is 81.2 Å². The number of anilines is 4. The number of hydrogen-bond donors (Lipinski definition) is 4. The first kappa shape index (κ1) is 47.6. The van der Waals surface area contributed by atoms with Crippen molar-refractivity contribution in [2.45, 2.75) is 31.8 Å². The average molecular weight is 978 g/mol. The second-order valence-corrected chi connectivity index (χ2v) is 15.5. The number of halogens is 7. The van der Waals surface area contributed by atoms with Crippen molar-refractivity contribution in [3.8, 4) is 0 Å². The van der Waals surface area contributed by atoms with Crippen LogP contribution in [0.4, 0.5) is 34.1 Å². The van der Waals surface area contributed by atoms with E-state index in [1.807, 2.05) is 0 Å². The molecule has 0 aliphatic carbocycles. The molecule has 318 valence electrons. The summed E-state index contributed by atoms with van der Waals surface area (Å²) in [6.07, 6.45) is 0. The monoisotopic (exact) mass is 974 g/mol. The molecule has 0 bridgehead atoms. The van der Waals surface area contributed by atoms with Crippen molar-refractivity contribution >= 4 is 151 Å². The summed E-state index contributed by atoms with van der Waals surface area (Å²) in [5.74, 6) is -4.59. The van der Waals surface area contributed by atoms with Crippen molar-refractivity contribution in [2.24, 2.45) is 20.5 Å². The number of azo groups is 2. The van der Waals surface area contributed by atoms with Crippen LogP contribution in [-0.2, 0) is 25.1 Å². The van der Waals surface area contributed by atoms with Crippen LogP contribution in [0.15, 0.2) is 111 Å². The Bertz CT molecular complexity index is 2640. The van der Waals surface area contributed by atoms with Crippen LogP contribution in [-0.4, -0.2) is 47.3 Å². The number of amides is 4. The summed E-state index contributed by atoms with van der Waals surface area (Å²) in [7, 11) is 0. The second kappa shape index (κ2) is 21.6. The van der Waals surface area contributed by atoms with Gasteiger partial charge in [-0.15, -0.1) is 11.6 Å². The molecule has 4 amide bonds. The number of benzene rings is 5. The maximum atomic E-state index is 13.4. The number of carbonyl (C=O) groups is 6. The SMILES string of the molecule is CC(=O)C(N=Nc1cccc(C(=O)Nc2c(Cl)cccc2Cl)c1Cl)C(=O)Nc1ccc(NC(=O)C(N=Nc2cccc(C(=O)Nc3c(Cl)cccc3Cl)c2Cl)C(C)=O)c(CCl)c1. The van der Waals surface area contributed by atoms with Crippen LogP contribution in [0.1, 0.15) is 40.1 Å². The van der Waals surface area contributed by atoms with Crippen LogP contribution in [0, 0.1) is 0 Å². The third kappa shape index (κ3) is 11.7. The summed E-state index contributed by atoms with van der Waals surface area (Å²) in [4.78, 5) is 77.9. The molecule has 2 atom stereocenters. The van der Waals surface area contributed by atoms with Crippen molar-refractivity contribution in [2.75, 3.05) is 21.3 Å². The van der Waals surface area contributed by atoms with Crippen molar-refractivity contribution in [3.05, 3.63) is 138 Å². The van der Waals surface area contributed by atoms with Gasteiger partial charge in [-0.3, -0.25) is 28.8 Å². The van der Waals surface area contributed by atoms with Crippen LogP contribution in [0.5, 0.6) is 0 Å². The molecule has 0 radical (unpaired) electrons. The number of alkyl halides is 1. The van der Waals surface area contributed by atoms with E-state index in [0.29, 0.717) is 5.56 Å². The Morgan fingerprint density at radius 3 is 1.34 bits per heavy atom. The highest BCUT2D eigenvalue weighted by atomic mass is 35.5. The molecule has 0 fully saturated rings. The molecule has 5 aromatic rings. The maximum Gasteiger partial charge on any atom is 0.258 e. The molecular weight excluding hydrogens is 949 g/mol. The first-order chi connectivity index (χ1) is 29.5. The molecule has 4 N–H and O–H groups in total. The minimum atomic E-state index is -1.65. The zero-order valence-electron chi connectivity index (χ0n) is 31.9. The molecule has 0 saturated carbocycles. The average Bonchev–Trinajstić information content (AvgIpc) is 3.22. The first-order valence-electron chi connectivity index (χ1n) is 17.7. The van der Waals surface area contributed by atoms with Gasteiger partial charge in [0.15, 0.2) is 11.6 Å². The van der Waals surface area contributed by atoms with Gasteiger partial charge in [-0.05, 0) is 86.1 Å². The Morgan fingerprint density at radius 1 is 0.532 bits per heavy atom. The standard InChI is InChI=1S/C41H29Cl7N8O6/c1-19(57)34(55-53-30-13-3-7-23(32(30)47)38(59)51-36-25(43)9-5-10-26(36)44)40(61)49-22-15-16-29(21(17-22)18-42)50-41(62)35(20(2)58)56-54-31-14-4-8-24(33(31)48)39(60)52-37-27(45)11-6-12-28(37)46/h3-17,34-35H,18H2,1-2H3,(H,49,61)(H,50,62)(H,51,59)(H,52,60). The number of nitrogens with one attached hydrogen (secondary N) is 4. The minimum absolute atomic E-state index is 0.0148. The molecule has 0 heterocycles. The molecule has 0 aromatic heterocycles. The van der Waals surface area contributed by atoms with Gasteiger partial charge in [-0.25, -0.2) is 0 Å². The smallest absolute Gasteiger partial charge is 0.258 e. The fraction of sp³-hybridized carbons (Fsp3) is 0.122. The summed E-state index contributed by atoms with van der Waals surface area (Å²) in [6.45, 7) is 2.26. The highest BCUT2D eigenvalue weighted by Gasteiger charge is 2.27. The van der Waals surface area contributed by atoms with E-state index in [0.717, 1.165) is 13.8 Å². The van der Waals surface area contributed by atoms with Gasteiger partial charge in [0, 0.05) is 17.3 Å². The molecule has 0 saturated heterocycles. The van der Waals surface area contributed by atoms with Crippen LogP contribution in [0.3, 0.4) is 0 Å². The maximum absolute atomic E-state index is 13.4. The largest absolute Gasteiger partial charge is 0.324 e. The van der Waals surface area contributed by atoms with E-state index < -0.39 is 47.3 Å². The van der Waals surface area contributed by atoms with E-state index in [9.17, 15) is 28.8 Å². The number of carbonyl (C=O) groups excluding carboxylic acids is 6. The van der Waals surface area contributed by atoms with E-state index in [-0.39, 0.29) is 81.3 Å². The van der Waals surface area contributed by atoms with Crippen LogP contribution >= 0.6 is 81.2 Å². The van der Waals surface area contributed by atoms with Gasteiger partial charge in [-0.2, -0.15) is 20.5 Å². The second-order valence-electron chi connectivity index (χ2n) is 12.8. The molecule has 0 spiro atoms. The Morgan fingerprint density at radius 2 is 0.935 bits per heavy atom. The topological polar surface area (TPSA) is 200 Å². The lowest BCUT2D eigenvalue weighted by atomic mass is 10.1. The van der Waals surface area contributed by atoms with Crippen molar-refractivity contribution < 1.29 is 28.8 Å². The molecule has 62 heavy (non-hydrogen) atoms. The number of hydrogen-bond acceptors (Lipinski definition) is 10. The fourth-order valence-electron chi connectivity index (χ4n) is 5.33. The quantitative estimate of drug-likeness (QED) is 0.0457. The lowest BCUT2D eigenvalue weighted by molar-refractivity contribution is -0.127. The lowest BCUT2D eigenvalue weighted by Crippen LogP contribution is -2.32. The Kier molecular flexibility index (Phi) is 16.6. The number of nitrogens with zero attached hydrogens (tertiary/aromatic N) is 4. The number of rotatable bonds is 15. The number of para-hydroxylation sites is 2. The van der Waals surface area contributed by atoms with Gasteiger partial charge in [0.1, 0.15) is 11.4 Å². The van der Waals surface area contributed by atoms with Crippen LogP contribution in [0.2, 0.25) is 30.1 Å². The van der Waals surface area contributed by atoms with Crippen molar-refractivity contribution in [3.63, 3.8) is 0 Å². The highest BCUT2D eigenvalue weighted by Crippen LogP contribution is 2.35. The fourth-order valence-corrected chi connectivity index (χ4v) is 7.04. The summed E-state index contributed by atoms with van der Waals surface area (Å²) in [5.41, 5.74) is 0.902. The highest BCUT2D eigenvalue weighted by molar-refractivity contribution is 6.42. The molecule has 5 aromatic carbocycles. The summed E-state index contributed by atoms with van der Waals surface area (Å²) < 4.78 is 0. The van der Waals surface area contributed by atoms with E-state index >= 15 is 0 Å². The summed E-state index contributed by atoms with van der Waals surface area (Å²) in [6, 6.07) is 18.9. The van der Waals surface area contributed by atoms with Gasteiger partial charge in [0.25, 0.3) is 23.6 Å². The van der Waals surface area contributed by atoms with Gasteiger partial charge in [0.2, 0.25) is 12.1 Å².